The summed E-state index contributed by atoms with van der Waals surface area (Å²) in [5.74, 6) is 3.84. The molecule has 2 aromatic rings. The van der Waals surface area contributed by atoms with Crippen molar-refractivity contribution in [2.45, 2.75) is 40.3 Å². The van der Waals surface area contributed by atoms with Gasteiger partial charge >= 0.3 is 0 Å². The van der Waals surface area contributed by atoms with E-state index in [4.69, 9.17) is 13.9 Å². The van der Waals surface area contributed by atoms with Crippen LogP contribution in [-0.4, -0.2) is 56.2 Å². The molecule has 2 N–H and O–H groups in total. The number of rotatable bonds is 8. The number of ether oxygens (including phenoxy) is 2. The third kappa shape index (κ3) is 6.73. The summed E-state index contributed by atoms with van der Waals surface area (Å²) in [6.45, 7) is 10.8. The molecular formula is C22H34IN5O3. The van der Waals surface area contributed by atoms with E-state index in [0.717, 1.165) is 68.1 Å². The number of aryl methyl sites for hydroxylation is 2. The molecule has 3 rings (SSSR count). The number of guanidine groups is 1. The molecule has 1 aromatic heterocycles. The average molecular weight is 543 g/mol. The minimum Gasteiger partial charge on any atom is -0.493 e. The zero-order chi connectivity index (χ0) is 21.5. The fourth-order valence-corrected chi connectivity index (χ4v) is 3.56. The zero-order valence-electron chi connectivity index (χ0n) is 19.1. The molecule has 0 bridgehead atoms. The second-order valence-electron chi connectivity index (χ2n) is 7.37. The lowest BCUT2D eigenvalue weighted by atomic mass is 9.99. The Morgan fingerprint density at radius 3 is 2.48 bits per heavy atom. The highest BCUT2D eigenvalue weighted by Crippen LogP contribution is 2.33. The third-order valence-corrected chi connectivity index (χ3v) is 5.31. The first-order valence-electron chi connectivity index (χ1n) is 10.4. The maximum Gasteiger partial charge on any atom is 0.216 e. The van der Waals surface area contributed by atoms with Gasteiger partial charge < -0.3 is 24.5 Å². The molecule has 9 heteroatoms. The van der Waals surface area contributed by atoms with E-state index < -0.39 is 0 Å². The van der Waals surface area contributed by atoms with E-state index in [0.29, 0.717) is 12.4 Å². The molecule has 0 aliphatic carbocycles. The lowest BCUT2D eigenvalue weighted by Crippen LogP contribution is -2.42. The van der Waals surface area contributed by atoms with Crippen molar-refractivity contribution in [1.82, 2.24) is 20.5 Å². The van der Waals surface area contributed by atoms with Crippen molar-refractivity contribution in [3.63, 3.8) is 0 Å². The van der Waals surface area contributed by atoms with Gasteiger partial charge in [0.25, 0.3) is 0 Å². The van der Waals surface area contributed by atoms with Crippen molar-refractivity contribution >= 4 is 29.9 Å². The first-order valence-corrected chi connectivity index (χ1v) is 10.4. The van der Waals surface area contributed by atoms with Crippen LogP contribution in [0.3, 0.4) is 0 Å². The quantitative estimate of drug-likeness (QED) is 0.301. The smallest absolute Gasteiger partial charge is 0.216 e. The molecule has 1 aliphatic heterocycles. The highest BCUT2D eigenvalue weighted by atomic mass is 127. The number of nitrogens with one attached hydrogen (secondary N) is 2. The number of nitrogens with zero attached hydrogens (tertiary/aromatic N) is 3. The van der Waals surface area contributed by atoms with Crippen molar-refractivity contribution in [2.24, 2.45) is 4.99 Å². The Balaban J connectivity index is 0.00000341. The Labute approximate surface area is 201 Å². The predicted octanol–water partition coefficient (Wildman–Crippen LogP) is 3.04. The van der Waals surface area contributed by atoms with Gasteiger partial charge in [0.2, 0.25) is 5.89 Å². The van der Waals surface area contributed by atoms with E-state index in [1.165, 1.54) is 11.1 Å². The minimum atomic E-state index is 0. The first kappa shape index (κ1) is 25.3. The lowest BCUT2D eigenvalue weighted by molar-refractivity contribution is 0.256. The molecule has 0 radical (unpaired) electrons. The van der Waals surface area contributed by atoms with Gasteiger partial charge in [0.05, 0.1) is 19.9 Å². The molecule has 0 saturated carbocycles. The summed E-state index contributed by atoms with van der Waals surface area (Å²) in [7, 11) is 3.36. The van der Waals surface area contributed by atoms with E-state index in [1.807, 2.05) is 13.8 Å². The van der Waals surface area contributed by atoms with Crippen molar-refractivity contribution in [1.29, 1.82) is 0 Å². The normalized spacial score (nSPS) is 13.9. The van der Waals surface area contributed by atoms with Gasteiger partial charge in [0.15, 0.2) is 17.5 Å². The SMILES string of the molecule is CCNC(=NCc1nc(C)c(C)o1)NCCN1CCc2cc(OC)c(OC)cc2C1.I. The summed E-state index contributed by atoms with van der Waals surface area (Å²) in [4.78, 5) is 11.4. The van der Waals surface area contributed by atoms with Gasteiger partial charge in [0, 0.05) is 32.7 Å². The van der Waals surface area contributed by atoms with Gasteiger partial charge in [-0.3, -0.25) is 4.90 Å². The average Bonchev–Trinajstić information content (AvgIpc) is 3.08. The second kappa shape index (κ2) is 12.1. The van der Waals surface area contributed by atoms with Crippen LogP contribution < -0.4 is 20.1 Å². The fourth-order valence-electron chi connectivity index (χ4n) is 3.56. The number of methoxy groups -OCH3 is 2. The van der Waals surface area contributed by atoms with Crippen molar-refractivity contribution in [3.8, 4) is 11.5 Å². The molecule has 0 fully saturated rings. The van der Waals surface area contributed by atoms with Crippen LogP contribution >= 0.6 is 24.0 Å². The Morgan fingerprint density at radius 2 is 1.87 bits per heavy atom. The number of oxazole rings is 1. The van der Waals surface area contributed by atoms with E-state index in [9.17, 15) is 0 Å². The van der Waals surface area contributed by atoms with E-state index >= 15 is 0 Å². The zero-order valence-corrected chi connectivity index (χ0v) is 21.4. The van der Waals surface area contributed by atoms with Crippen LogP contribution in [0.5, 0.6) is 11.5 Å². The largest absolute Gasteiger partial charge is 0.493 e. The predicted molar refractivity (Wildman–Crippen MR) is 133 cm³/mol. The molecule has 0 amide bonds. The Kier molecular flexibility index (Phi) is 9.89. The maximum absolute atomic E-state index is 5.61. The van der Waals surface area contributed by atoms with Crippen molar-refractivity contribution in [3.05, 3.63) is 40.6 Å². The topological polar surface area (TPSA) is 84.2 Å². The summed E-state index contributed by atoms with van der Waals surface area (Å²) in [5.41, 5.74) is 3.55. The Morgan fingerprint density at radius 1 is 1.16 bits per heavy atom. The number of benzene rings is 1. The summed E-state index contributed by atoms with van der Waals surface area (Å²) in [6, 6.07) is 4.20. The summed E-state index contributed by atoms with van der Waals surface area (Å²) >= 11 is 0. The third-order valence-electron chi connectivity index (χ3n) is 5.31. The molecule has 0 spiro atoms. The van der Waals surface area contributed by atoms with Crippen LogP contribution in [0.25, 0.3) is 0 Å². The summed E-state index contributed by atoms with van der Waals surface area (Å²) < 4.78 is 16.5. The van der Waals surface area contributed by atoms with Crippen molar-refractivity contribution in [2.75, 3.05) is 40.4 Å². The molecule has 2 heterocycles. The Hall–Kier alpha value is -2.01. The molecular weight excluding hydrogens is 509 g/mol. The molecule has 172 valence electrons. The number of aromatic nitrogens is 1. The van der Waals surface area contributed by atoms with Gasteiger partial charge in [-0.1, -0.05) is 0 Å². The van der Waals surface area contributed by atoms with Gasteiger partial charge in [0.1, 0.15) is 12.3 Å². The Bertz CT molecular complexity index is 865. The number of fused-ring (bicyclic) bond motifs is 1. The van der Waals surface area contributed by atoms with Gasteiger partial charge in [-0.2, -0.15) is 0 Å². The first-order chi connectivity index (χ1) is 14.5. The van der Waals surface area contributed by atoms with Crippen molar-refractivity contribution < 1.29 is 13.9 Å². The molecule has 8 nitrogen and oxygen atoms in total. The monoisotopic (exact) mass is 543 g/mol. The van der Waals surface area contributed by atoms with Crippen LogP contribution in [0.2, 0.25) is 0 Å². The van der Waals surface area contributed by atoms with E-state index in [2.05, 4.69) is 44.6 Å². The molecule has 0 atom stereocenters. The molecule has 1 aliphatic rings. The maximum atomic E-state index is 5.61. The highest BCUT2D eigenvalue weighted by Gasteiger charge is 2.19. The minimum absolute atomic E-state index is 0. The number of hydrogen-bond donors (Lipinski definition) is 2. The number of hydrogen-bond acceptors (Lipinski definition) is 6. The molecule has 0 unspecified atom stereocenters. The standard InChI is InChI=1S/C22H33N5O3.HI/c1-6-23-22(25-13-21-26-15(2)16(3)30-21)24-8-10-27-9-7-17-11-19(28-4)20(29-5)12-18(17)14-27;/h11-12H,6-10,13-14H2,1-5H3,(H2,23,24,25);1H. The van der Waals surface area contributed by atoms with Gasteiger partial charge in [-0.25, -0.2) is 9.98 Å². The summed E-state index contributed by atoms with van der Waals surface area (Å²) in [5, 5.41) is 6.68. The molecule has 0 saturated heterocycles. The van der Waals surface area contributed by atoms with Crippen LogP contribution in [0.1, 0.15) is 35.4 Å². The van der Waals surface area contributed by atoms with E-state index in [1.54, 1.807) is 14.2 Å². The highest BCUT2D eigenvalue weighted by molar-refractivity contribution is 14.0. The summed E-state index contributed by atoms with van der Waals surface area (Å²) in [6.07, 6.45) is 1.01. The number of aliphatic imine (C=N–C) groups is 1. The fraction of sp³-hybridized carbons (Fsp3) is 0.545. The van der Waals surface area contributed by atoms with E-state index in [-0.39, 0.29) is 24.0 Å². The van der Waals surface area contributed by atoms with Crippen LogP contribution in [0.15, 0.2) is 21.5 Å². The van der Waals surface area contributed by atoms with Crippen LogP contribution in [-0.2, 0) is 19.5 Å². The van der Waals surface area contributed by atoms with Crippen LogP contribution in [0.4, 0.5) is 0 Å². The lowest BCUT2D eigenvalue weighted by Gasteiger charge is -2.29. The molecule has 1 aromatic carbocycles. The second-order valence-corrected chi connectivity index (χ2v) is 7.37. The molecule has 31 heavy (non-hydrogen) atoms. The van der Waals surface area contributed by atoms with Gasteiger partial charge in [-0.05, 0) is 50.5 Å². The van der Waals surface area contributed by atoms with Gasteiger partial charge in [-0.15, -0.1) is 24.0 Å². The number of halogens is 1. The van der Waals surface area contributed by atoms with Crippen LogP contribution in [0, 0.1) is 13.8 Å².